The Labute approximate surface area is 94.0 Å². The van der Waals surface area contributed by atoms with Gasteiger partial charge in [0.1, 0.15) is 17.6 Å². The predicted octanol–water partition coefficient (Wildman–Crippen LogP) is 1.39. The topological polar surface area (TPSA) is 60.7 Å². The molecular weight excluding hydrogens is 200 g/mol. The zero-order valence-electron chi connectivity index (χ0n) is 8.88. The fourth-order valence-electron chi connectivity index (χ4n) is 2.34. The van der Waals surface area contributed by atoms with Crippen molar-refractivity contribution in [2.75, 3.05) is 12.0 Å². The van der Waals surface area contributed by atoms with Crippen LogP contribution in [0, 0.1) is 11.3 Å². The van der Waals surface area contributed by atoms with Gasteiger partial charge in [0, 0.05) is 17.7 Å². The van der Waals surface area contributed by atoms with Crippen molar-refractivity contribution in [3.63, 3.8) is 0 Å². The second-order valence-corrected chi connectivity index (χ2v) is 4.05. The van der Waals surface area contributed by atoms with Crippen LogP contribution < -0.4 is 10.9 Å². The number of fused-ring (bicyclic) bond motifs is 3. The molecule has 80 valence electrons. The monoisotopic (exact) mass is 212 g/mol. The van der Waals surface area contributed by atoms with Gasteiger partial charge in [0.2, 0.25) is 0 Å². The number of hydrogen-bond donors (Lipinski definition) is 2. The maximum absolute atomic E-state index is 9.09. The predicted molar refractivity (Wildman–Crippen MR) is 61.6 cm³/mol. The summed E-state index contributed by atoms with van der Waals surface area (Å²) in [6, 6.07) is 2.18. The van der Waals surface area contributed by atoms with Crippen molar-refractivity contribution in [3.8, 4) is 6.07 Å². The van der Waals surface area contributed by atoms with Crippen molar-refractivity contribution in [2.24, 2.45) is 0 Å². The zero-order valence-corrected chi connectivity index (χ0v) is 8.88. The second kappa shape index (κ2) is 3.62. The van der Waals surface area contributed by atoms with E-state index in [9.17, 15) is 0 Å². The molecule has 2 N–H and O–H groups in total. The zero-order chi connectivity index (χ0) is 11.0. The highest BCUT2D eigenvalue weighted by Crippen LogP contribution is 2.31. The molecule has 0 saturated carbocycles. The Kier molecular flexibility index (Phi) is 2.12. The Balaban J connectivity index is 2.23. The van der Waals surface area contributed by atoms with Gasteiger partial charge in [-0.3, -0.25) is 0 Å². The van der Waals surface area contributed by atoms with E-state index >= 15 is 0 Å². The van der Waals surface area contributed by atoms with Gasteiger partial charge in [-0.25, -0.2) is 10.4 Å². The van der Waals surface area contributed by atoms with Gasteiger partial charge in [-0.1, -0.05) is 12.2 Å². The summed E-state index contributed by atoms with van der Waals surface area (Å²) < 4.78 is 0. The molecule has 4 heteroatoms. The molecule has 2 aliphatic rings. The maximum atomic E-state index is 9.09. The summed E-state index contributed by atoms with van der Waals surface area (Å²) in [6.45, 7) is 0.927. The molecule has 0 spiro atoms. The normalized spacial score (nSPS) is 16.9. The minimum Gasteiger partial charge on any atom is -0.306 e. The average Bonchev–Trinajstić information content (AvgIpc) is 2.67. The summed E-state index contributed by atoms with van der Waals surface area (Å²) in [5.41, 5.74) is 10.3. The van der Waals surface area contributed by atoms with Gasteiger partial charge >= 0.3 is 0 Å². The standard InChI is InChI=1S/C12H12N4/c13-7-11-9-4-1-3-8(9)10-5-2-6-14-16-12(10)15-11/h1,3,14H,2,4-6H2,(H,15,16). The van der Waals surface area contributed by atoms with Crippen LogP contribution in [0.3, 0.4) is 0 Å². The summed E-state index contributed by atoms with van der Waals surface area (Å²) in [7, 11) is 0. The van der Waals surface area contributed by atoms with Crippen molar-refractivity contribution in [3.05, 3.63) is 28.5 Å². The Hall–Kier alpha value is -1.86. The Morgan fingerprint density at radius 3 is 3.19 bits per heavy atom. The molecule has 3 rings (SSSR count). The minimum absolute atomic E-state index is 0.551. The van der Waals surface area contributed by atoms with Crippen molar-refractivity contribution in [1.82, 2.24) is 10.4 Å². The van der Waals surface area contributed by atoms with E-state index in [2.05, 4.69) is 34.1 Å². The number of nitrogens with zero attached hydrogens (tertiary/aromatic N) is 2. The first-order chi connectivity index (χ1) is 7.90. The van der Waals surface area contributed by atoms with E-state index < -0.39 is 0 Å². The third kappa shape index (κ3) is 1.29. The first-order valence-corrected chi connectivity index (χ1v) is 5.51. The molecule has 0 radical (unpaired) electrons. The lowest BCUT2D eigenvalue weighted by molar-refractivity contribution is 0.740. The number of anilines is 1. The van der Waals surface area contributed by atoms with Gasteiger partial charge < -0.3 is 5.43 Å². The van der Waals surface area contributed by atoms with Crippen LogP contribution in [-0.2, 0) is 12.8 Å². The van der Waals surface area contributed by atoms with E-state index in [4.69, 9.17) is 5.26 Å². The van der Waals surface area contributed by atoms with Crippen LogP contribution in [-0.4, -0.2) is 11.5 Å². The molecule has 1 aliphatic heterocycles. The quantitative estimate of drug-likeness (QED) is 0.682. The van der Waals surface area contributed by atoms with Crippen LogP contribution in [0.15, 0.2) is 6.08 Å². The molecule has 0 unspecified atom stereocenters. The number of hydrogen-bond acceptors (Lipinski definition) is 4. The molecule has 0 saturated heterocycles. The highest BCUT2D eigenvalue weighted by molar-refractivity contribution is 5.71. The van der Waals surface area contributed by atoms with Gasteiger partial charge in [-0.05, 0) is 24.8 Å². The lowest BCUT2D eigenvalue weighted by Gasteiger charge is -2.12. The van der Waals surface area contributed by atoms with Crippen LogP contribution in [0.2, 0.25) is 0 Å². The molecule has 0 bridgehead atoms. The molecule has 1 aromatic rings. The van der Waals surface area contributed by atoms with Gasteiger partial charge in [-0.15, -0.1) is 0 Å². The Morgan fingerprint density at radius 2 is 2.31 bits per heavy atom. The Bertz CT molecular complexity index is 511. The molecule has 0 fully saturated rings. The molecule has 4 nitrogen and oxygen atoms in total. The molecule has 1 aliphatic carbocycles. The molecule has 16 heavy (non-hydrogen) atoms. The number of hydrazine groups is 1. The fourth-order valence-corrected chi connectivity index (χ4v) is 2.34. The number of allylic oxidation sites excluding steroid dienone is 1. The van der Waals surface area contributed by atoms with Crippen molar-refractivity contribution in [2.45, 2.75) is 19.3 Å². The van der Waals surface area contributed by atoms with Gasteiger partial charge in [-0.2, -0.15) is 5.26 Å². The van der Waals surface area contributed by atoms with Crippen molar-refractivity contribution < 1.29 is 0 Å². The number of pyridine rings is 1. The van der Waals surface area contributed by atoms with E-state index in [0.29, 0.717) is 5.69 Å². The minimum atomic E-state index is 0.551. The van der Waals surface area contributed by atoms with E-state index in [0.717, 1.165) is 37.2 Å². The van der Waals surface area contributed by atoms with Crippen LogP contribution >= 0.6 is 0 Å². The molecule has 0 atom stereocenters. The summed E-state index contributed by atoms with van der Waals surface area (Å²) in [5, 5.41) is 9.09. The maximum Gasteiger partial charge on any atom is 0.147 e. The number of nitriles is 1. The van der Waals surface area contributed by atoms with Gasteiger partial charge in [0.15, 0.2) is 0 Å². The lowest BCUT2D eigenvalue weighted by Crippen LogP contribution is -2.21. The van der Waals surface area contributed by atoms with E-state index in [1.54, 1.807) is 0 Å². The Morgan fingerprint density at radius 1 is 1.38 bits per heavy atom. The lowest BCUT2D eigenvalue weighted by atomic mass is 9.99. The van der Waals surface area contributed by atoms with Gasteiger partial charge in [0.05, 0.1) is 0 Å². The molecular formula is C12H12N4. The first kappa shape index (κ1) is 9.37. The van der Waals surface area contributed by atoms with Crippen molar-refractivity contribution in [1.29, 1.82) is 5.26 Å². The molecule has 0 amide bonds. The van der Waals surface area contributed by atoms with Crippen LogP contribution in [0.5, 0.6) is 0 Å². The average molecular weight is 212 g/mol. The number of rotatable bonds is 0. The molecule has 1 aromatic heterocycles. The summed E-state index contributed by atoms with van der Waals surface area (Å²) in [4.78, 5) is 4.39. The first-order valence-electron chi connectivity index (χ1n) is 5.51. The van der Waals surface area contributed by atoms with E-state index in [-0.39, 0.29) is 0 Å². The SMILES string of the molecule is N#Cc1nc2c(c3c1CC=C3)CCCNN2. The van der Waals surface area contributed by atoms with Crippen LogP contribution in [0.1, 0.15) is 28.8 Å². The van der Waals surface area contributed by atoms with E-state index in [1.807, 2.05) is 0 Å². The molecule has 0 aromatic carbocycles. The number of nitrogens with one attached hydrogen (secondary N) is 2. The molecule has 2 heterocycles. The summed E-state index contributed by atoms with van der Waals surface area (Å²) in [6.07, 6.45) is 7.16. The largest absolute Gasteiger partial charge is 0.306 e. The highest BCUT2D eigenvalue weighted by atomic mass is 15.4. The van der Waals surface area contributed by atoms with Crippen LogP contribution in [0.25, 0.3) is 6.08 Å². The third-order valence-corrected chi connectivity index (χ3v) is 3.09. The fraction of sp³-hybridized carbons (Fsp3) is 0.333. The van der Waals surface area contributed by atoms with E-state index in [1.165, 1.54) is 11.1 Å². The van der Waals surface area contributed by atoms with Gasteiger partial charge in [0.25, 0.3) is 0 Å². The van der Waals surface area contributed by atoms with Crippen molar-refractivity contribution >= 4 is 11.9 Å². The third-order valence-electron chi connectivity index (χ3n) is 3.09. The number of aromatic nitrogens is 1. The second-order valence-electron chi connectivity index (χ2n) is 4.05. The summed E-state index contributed by atoms with van der Waals surface area (Å²) in [5.74, 6) is 0.819. The smallest absolute Gasteiger partial charge is 0.147 e. The summed E-state index contributed by atoms with van der Waals surface area (Å²) >= 11 is 0. The van der Waals surface area contributed by atoms with Crippen LogP contribution in [0.4, 0.5) is 5.82 Å². The highest BCUT2D eigenvalue weighted by Gasteiger charge is 2.20.